The predicted octanol–water partition coefficient (Wildman–Crippen LogP) is 1.99. The Morgan fingerprint density at radius 1 is 1.28 bits per heavy atom. The van der Waals surface area contributed by atoms with Crippen molar-refractivity contribution in [2.45, 2.75) is 26.5 Å². The van der Waals surface area contributed by atoms with Gasteiger partial charge in [0.2, 0.25) is 0 Å². The third kappa shape index (κ3) is 3.58. The largest absolute Gasteiger partial charge is 0.392 e. The van der Waals surface area contributed by atoms with Crippen LogP contribution in [0, 0.1) is 6.92 Å². The molecule has 0 unspecified atom stereocenters. The number of aliphatic hydroxyl groups is 1. The highest BCUT2D eigenvalue weighted by molar-refractivity contribution is 5.77. The van der Waals surface area contributed by atoms with E-state index < -0.39 is 0 Å². The molecule has 2 N–H and O–H groups in total. The van der Waals surface area contributed by atoms with Crippen LogP contribution in [0.15, 0.2) is 24.5 Å². The molecule has 0 bridgehead atoms. The maximum atomic E-state index is 10.3. The number of aliphatic hydroxyl groups excluding tert-OH is 1. The van der Waals surface area contributed by atoms with Gasteiger partial charge in [-0.2, -0.15) is 10.2 Å². The average molecular weight is 397 g/mol. The maximum absolute atomic E-state index is 10.3. The molecule has 29 heavy (non-hydrogen) atoms. The van der Waals surface area contributed by atoms with Gasteiger partial charge < -0.3 is 20.1 Å². The number of aryl methyl sites for hydroxylation is 3. The molecule has 3 aromatic heterocycles. The van der Waals surface area contributed by atoms with Crippen molar-refractivity contribution in [3.63, 3.8) is 0 Å². The molecule has 0 aromatic carbocycles. The zero-order valence-electron chi connectivity index (χ0n) is 17.3. The molecule has 0 amide bonds. The van der Waals surface area contributed by atoms with E-state index in [2.05, 4.69) is 27.3 Å². The lowest BCUT2D eigenvalue weighted by Crippen LogP contribution is -2.44. The summed E-state index contributed by atoms with van der Waals surface area (Å²) in [6.45, 7) is 6.10. The Balaban J connectivity index is 1.89. The first-order chi connectivity index (χ1) is 14.0. The predicted molar refractivity (Wildman–Crippen MR) is 111 cm³/mol. The Labute approximate surface area is 169 Å². The molecule has 1 aliphatic heterocycles. The summed E-state index contributed by atoms with van der Waals surface area (Å²) in [4.78, 5) is 7.14. The van der Waals surface area contributed by atoms with Gasteiger partial charge in [-0.25, -0.2) is 4.98 Å². The second-order valence-corrected chi connectivity index (χ2v) is 7.40. The molecule has 154 valence electrons. The minimum absolute atomic E-state index is 0.147. The second-order valence-electron chi connectivity index (χ2n) is 7.40. The first-order valence-electron chi connectivity index (χ1n) is 9.72. The lowest BCUT2D eigenvalue weighted by molar-refractivity contribution is 0.0985. The number of pyridine rings is 1. The summed E-state index contributed by atoms with van der Waals surface area (Å²) < 4.78 is 9.17. The molecule has 0 aliphatic carbocycles. The molecule has 9 nitrogen and oxygen atoms in total. The van der Waals surface area contributed by atoms with Crippen LogP contribution in [0.3, 0.4) is 0 Å². The van der Waals surface area contributed by atoms with Gasteiger partial charge in [0.15, 0.2) is 0 Å². The first kappa shape index (κ1) is 19.4. The molecule has 0 radical (unpaired) electrons. The first-order valence-corrected chi connectivity index (χ1v) is 9.72. The molecule has 1 atom stereocenters. The molecule has 9 heteroatoms. The third-order valence-corrected chi connectivity index (χ3v) is 5.38. The molecule has 3 aromatic rings. The molecule has 0 saturated carbocycles. The quantitative estimate of drug-likeness (QED) is 0.680. The van der Waals surface area contributed by atoms with Crippen LogP contribution in [-0.2, 0) is 25.4 Å². The lowest BCUT2D eigenvalue weighted by atomic mass is 10.0. The SMILES string of the molecule is Cc1cnn(C)c1-c1cc(N2CCOC[C@H]2C)nc(Nc2ccnn2C)c1CO. The summed E-state index contributed by atoms with van der Waals surface area (Å²) in [5, 5.41) is 22.2. The van der Waals surface area contributed by atoms with E-state index in [9.17, 15) is 5.11 Å². The van der Waals surface area contributed by atoms with Gasteiger partial charge in [-0.15, -0.1) is 0 Å². The normalized spacial score (nSPS) is 17.0. The Morgan fingerprint density at radius 2 is 2.10 bits per heavy atom. The second kappa shape index (κ2) is 7.84. The fourth-order valence-corrected chi connectivity index (χ4v) is 3.80. The Morgan fingerprint density at radius 3 is 2.72 bits per heavy atom. The van der Waals surface area contributed by atoms with Gasteiger partial charge in [-0.1, -0.05) is 0 Å². The molecule has 1 saturated heterocycles. The van der Waals surface area contributed by atoms with Crippen LogP contribution in [0.5, 0.6) is 0 Å². The van der Waals surface area contributed by atoms with E-state index >= 15 is 0 Å². The van der Waals surface area contributed by atoms with Crippen LogP contribution in [0.4, 0.5) is 17.5 Å². The fraction of sp³-hybridized carbons (Fsp3) is 0.450. The van der Waals surface area contributed by atoms with Crippen LogP contribution in [0.25, 0.3) is 11.3 Å². The molecule has 0 spiro atoms. The van der Waals surface area contributed by atoms with E-state index in [-0.39, 0.29) is 12.6 Å². The molecule has 1 fully saturated rings. The summed E-state index contributed by atoms with van der Waals surface area (Å²) in [7, 11) is 3.77. The minimum Gasteiger partial charge on any atom is -0.392 e. The van der Waals surface area contributed by atoms with Crippen molar-refractivity contribution in [2.24, 2.45) is 14.1 Å². The number of hydrogen-bond donors (Lipinski definition) is 2. The van der Waals surface area contributed by atoms with Crippen LogP contribution >= 0.6 is 0 Å². The maximum Gasteiger partial charge on any atom is 0.140 e. The van der Waals surface area contributed by atoms with E-state index in [1.165, 1.54) is 0 Å². The molecule has 4 rings (SSSR count). The van der Waals surface area contributed by atoms with Crippen LogP contribution < -0.4 is 10.2 Å². The molecular formula is C20H27N7O2. The molecule has 1 aliphatic rings. The van der Waals surface area contributed by atoms with Crippen molar-refractivity contribution in [2.75, 3.05) is 30.0 Å². The summed E-state index contributed by atoms with van der Waals surface area (Å²) >= 11 is 0. The Hall–Kier alpha value is -2.91. The van der Waals surface area contributed by atoms with Gasteiger partial charge in [0.05, 0.1) is 44.0 Å². The van der Waals surface area contributed by atoms with Gasteiger partial charge in [0.25, 0.3) is 0 Å². The van der Waals surface area contributed by atoms with Gasteiger partial charge in [-0.05, 0) is 25.5 Å². The van der Waals surface area contributed by atoms with E-state index in [4.69, 9.17) is 9.72 Å². The number of nitrogens with one attached hydrogen (secondary N) is 1. The number of rotatable bonds is 5. The number of aromatic nitrogens is 5. The third-order valence-electron chi connectivity index (χ3n) is 5.38. The van der Waals surface area contributed by atoms with Gasteiger partial charge >= 0.3 is 0 Å². The Kier molecular flexibility index (Phi) is 5.25. The molecule has 4 heterocycles. The number of hydrogen-bond acceptors (Lipinski definition) is 7. The lowest BCUT2D eigenvalue weighted by Gasteiger charge is -2.35. The summed E-state index contributed by atoms with van der Waals surface area (Å²) in [5.74, 6) is 2.26. The highest BCUT2D eigenvalue weighted by Gasteiger charge is 2.25. The smallest absolute Gasteiger partial charge is 0.140 e. The van der Waals surface area contributed by atoms with E-state index in [1.807, 2.05) is 44.0 Å². The van der Waals surface area contributed by atoms with Gasteiger partial charge in [0.1, 0.15) is 17.5 Å². The molecular weight excluding hydrogens is 370 g/mol. The number of ether oxygens (including phenoxy) is 1. The average Bonchev–Trinajstić information content (AvgIpc) is 3.26. The van der Waals surface area contributed by atoms with Crippen molar-refractivity contribution in [1.29, 1.82) is 0 Å². The summed E-state index contributed by atoms with van der Waals surface area (Å²) in [5.41, 5.74) is 3.65. The van der Waals surface area contributed by atoms with Crippen molar-refractivity contribution >= 4 is 17.5 Å². The van der Waals surface area contributed by atoms with E-state index in [1.54, 1.807) is 10.9 Å². The summed E-state index contributed by atoms with van der Waals surface area (Å²) in [6, 6.07) is 4.13. The van der Waals surface area contributed by atoms with E-state index in [0.717, 1.165) is 40.6 Å². The zero-order chi connectivity index (χ0) is 20.5. The van der Waals surface area contributed by atoms with Crippen molar-refractivity contribution in [3.05, 3.63) is 35.7 Å². The standard InChI is InChI=1S/C20H27N7O2/c1-13-10-22-26(4)19(13)15-9-18(27-7-8-29-12-14(27)2)24-20(16(15)11-28)23-17-5-6-21-25(17)3/h5-6,9-10,14,28H,7-8,11-12H2,1-4H3,(H,23,24)/t14-/m1/s1. The topological polar surface area (TPSA) is 93.3 Å². The van der Waals surface area contributed by atoms with Crippen molar-refractivity contribution < 1.29 is 9.84 Å². The highest BCUT2D eigenvalue weighted by Crippen LogP contribution is 2.35. The van der Waals surface area contributed by atoms with E-state index in [0.29, 0.717) is 19.0 Å². The number of anilines is 3. The van der Waals surface area contributed by atoms with Crippen molar-refractivity contribution in [1.82, 2.24) is 24.5 Å². The summed E-state index contributed by atoms with van der Waals surface area (Å²) in [6.07, 6.45) is 3.56. The van der Waals surface area contributed by atoms with Gasteiger partial charge in [-0.3, -0.25) is 9.36 Å². The minimum atomic E-state index is -0.147. The zero-order valence-corrected chi connectivity index (χ0v) is 17.3. The van der Waals surface area contributed by atoms with Crippen LogP contribution in [-0.4, -0.2) is 55.5 Å². The van der Waals surface area contributed by atoms with Crippen LogP contribution in [0.2, 0.25) is 0 Å². The fourth-order valence-electron chi connectivity index (χ4n) is 3.80. The monoisotopic (exact) mass is 397 g/mol. The van der Waals surface area contributed by atoms with Gasteiger partial charge in [0, 0.05) is 37.8 Å². The number of morpholine rings is 1. The highest BCUT2D eigenvalue weighted by atomic mass is 16.5. The van der Waals surface area contributed by atoms with Crippen molar-refractivity contribution in [3.8, 4) is 11.3 Å². The number of nitrogens with zero attached hydrogens (tertiary/aromatic N) is 6. The Bertz CT molecular complexity index is 991. The van der Waals surface area contributed by atoms with Crippen LogP contribution in [0.1, 0.15) is 18.1 Å².